The highest BCUT2D eigenvalue weighted by atomic mass is 16.3. The van der Waals surface area contributed by atoms with Crippen molar-refractivity contribution >= 4 is 27.4 Å². The number of hydrogen-bond donors (Lipinski definition) is 1. The molecule has 136 valence electrons. The van der Waals surface area contributed by atoms with Gasteiger partial charge in [-0.2, -0.15) is 0 Å². The molecule has 4 aromatic rings. The third kappa shape index (κ3) is 3.08. The predicted octanol–water partition coefficient (Wildman–Crippen LogP) is 6.70. The fraction of sp³-hybridized carbons (Fsp3) is 0.292. The summed E-state index contributed by atoms with van der Waals surface area (Å²) in [6.45, 7) is 2.18. The molecule has 1 N–H and O–H groups in total. The van der Waals surface area contributed by atoms with Crippen molar-refractivity contribution < 1.29 is 4.42 Å². The van der Waals surface area contributed by atoms with Gasteiger partial charge < -0.3 is 9.73 Å². The van der Waals surface area contributed by atoms with Crippen LogP contribution in [-0.4, -0.2) is 11.0 Å². The molecule has 2 aromatic heterocycles. The van der Waals surface area contributed by atoms with E-state index in [4.69, 9.17) is 4.42 Å². The Labute approximate surface area is 159 Å². The fourth-order valence-corrected chi connectivity index (χ4v) is 4.27. The monoisotopic (exact) mass is 356 g/mol. The zero-order valence-electron chi connectivity index (χ0n) is 15.7. The smallest absolute Gasteiger partial charge is 0.137 e. The van der Waals surface area contributed by atoms with Crippen molar-refractivity contribution in [3.63, 3.8) is 0 Å². The first-order valence-electron chi connectivity index (χ1n) is 9.92. The second-order valence-electron chi connectivity index (χ2n) is 7.70. The zero-order chi connectivity index (χ0) is 18.2. The molecule has 3 heteroatoms. The number of furan rings is 1. The third-order valence-corrected chi connectivity index (χ3v) is 5.76. The number of aryl methyl sites for hydroxylation is 1. The highest BCUT2D eigenvalue weighted by molar-refractivity contribution is 5.99. The largest absolute Gasteiger partial charge is 0.456 e. The lowest BCUT2D eigenvalue weighted by molar-refractivity contribution is 0.462. The molecule has 0 amide bonds. The van der Waals surface area contributed by atoms with Crippen LogP contribution in [0.25, 0.3) is 33.1 Å². The van der Waals surface area contributed by atoms with E-state index in [9.17, 15) is 0 Å². The van der Waals surface area contributed by atoms with E-state index < -0.39 is 0 Å². The molecule has 1 saturated carbocycles. The molecule has 3 nitrogen and oxygen atoms in total. The Hall–Kier alpha value is -2.81. The van der Waals surface area contributed by atoms with Crippen molar-refractivity contribution in [1.29, 1.82) is 0 Å². The van der Waals surface area contributed by atoms with Gasteiger partial charge >= 0.3 is 0 Å². The van der Waals surface area contributed by atoms with E-state index in [1.165, 1.54) is 48.7 Å². The van der Waals surface area contributed by atoms with E-state index in [-0.39, 0.29) is 0 Å². The number of nitrogens with one attached hydrogen (secondary N) is 1. The van der Waals surface area contributed by atoms with Gasteiger partial charge in [0.05, 0.1) is 0 Å². The minimum Gasteiger partial charge on any atom is -0.456 e. The van der Waals surface area contributed by atoms with Crippen LogP contribution in [0.3, 0.4) is 0 Å². The van der Waals surface area contributed by atoms with Gasteiger partial charge in [-0.25, -0.2) is 0 Å². The lowest BCUT2D eigenvalue weighted by Gasteiger charge is -2.25. The minimum absolute atomic E-state index is 0.589. The highest BCUT2D eigenvalue weighted by Crippen LogP contribution is 2.35. The predicted molar refractivity (Wildman–Crippen MR) is 112 cm³/mol. The first kappa shape index (κ1) is 16.4. The van der Waals surface area contributed by atoms with Gasteiger partial charge in [0.15, 0.2) is 0 Å². The lowest BCUT2D eigenvalue weighted by atomic mass is 9.94. The van der Waals surface area contributed by atoms with Crippen LogP contribution in [-0.2, 0) is 0 Å². The molecule has 2 heterocycles. The van der Waals surface area contributed by atoms with Crippen LogP contribution in [0.1, 0.15) is 37.7 Å². The molecule has 0 unspecified atom stereocenters. The molecule has 2 aromatic carbocycles. The molecular weight excluding hydrogens is 332 g/mol. The zero-order valence-corrected chi connectivity index (χ0v) is 15.7. The molecule has 1 fully saturated rings. The van der Waals surface area contributed by atoms with Gasteiger partial charge in [0.1, 0.15) is 11.3 Å². The Morgan fingerprint density at radius 1 is 0.963 bits per heavy atom. The summed E-state index contributed by atoms with van der Waals surface area (Å²) in [6.07, 6.45) is 10.4. The van der Waals surface area contributed by atoms with Crippen molar-refractivity contribution in [2.24, 2.45) is 0 Å². The van der Waals surface area contributed by atoms with Crippen LogP contribution in [0.2, 0.25) is 0 Å². The van der Waals surface area contributed by atoms with Crippen molar-refractivity contribution in [3.8, 4) is 11.3 Å². The van der Waals surface area contributed by atoms with Crippen LogP contribution >= 0.6 is 0 Å². The Morgan fingerprint density at radius 3 is 2.67 bits per heavy atom. The molecule has 0 atom stereocenters. The molecule has 27 heavy (non-hydrogen) atoms. The maximum absolute atomic E-state index is 6.12. The van der Waals surface area contributed by atoms with Crippen LogP contribution in [0.4, 0.5) is 5.69 Å². The van der Waals surface area contributed by atoms with E-state index in [0.717, 1.165) is 27.7 Å². The Kier molecular flexibility index (Phi) is 4.08. The first-order chi connectivity index (χ1) is 13.3. The number of rotatable bonds is 3. The van der Waals surface area contributed by atoms with Crippen molar-refractivity contribution in [3.05, 3.63) is 60.4 Å². The normalized spacial score (nSPS) is 15.4. The van der Waals surface area contributed by atoms with Crippen LogP contribution in [0.5, 0.6) is 0 Å². The van der Waals surface area contributed by atoms with Gasteiger partial charge in [-0.1, -0.05) is 37.5 Å². The van der Waals surface area contributed by atoms with Crippen molar-refractivity contribution in [1.82, 2.24) is 4.98 Å². The number of hydrogen-bond acceptors (Lipinski definition) is 3. The molecule has 1 aliphatic carbocycles. The Morgan fingerprint density at radius 2 is 1.81 bits per heavy atom. The SMILES string of the molecule is Cc1cc2cncc(-c3cc4ccccc4o3)c2cc1NC1CCCCC1. The molecule has 5 rings (SSSR count). The van der Waals surface area contributed by atoms with Gasteiger partial charge in [0.25, 0.3) is 0 Å². The van der Waals surface area contributed by atoms with Gasteiger partial charge in [0.2, 0.25) is 0 Å². The summed E-state index contributed by atoms with van der Waals surface area (Å²) in [7, 11) is 0. The number of anilines is 1. The van der Waals surface area contributed by atoms with Crippen molar-refractivity contribution in [2.75, 3.05) is 5.32 Å². The third-order valence-electron chi connectivity index (χ3n) is 5.76. The molecule has 0 aliphatic heterocycles. The summed E-state index contributed by atoms with van der Waals surface area (Å²) in [4.78, 5) is 4.47. The summed E-state index contributed by atoms with van der Waals surface area (Å²) >= 11 is 0. The molecule has 0 bridgehead atoms. The maximum atomic E-state index is 6.12. The molecule has 0 saturated heterocycles. The second kappa shape index (κ2) is 6.73. The van der Waals surface area contributed by atoms with E-state index in [0.29, 0.717) is 6.04 Å². The highest BCUT2D eigenvalue weighted by Gasteiger charge is 2.16. The summed E-state index contributed by atoms with van der Waals surface area (Å²) < 4.78 is 6.12. The number of fused-ring (bicyclic) bond motifs is 2. The Balaban J connectivity index is 1.60. The fourth-order valence-electron chi connectivity index (χ4n) is 4.27. The maximum Gasteiger partial charge on any atom is 0.137 e. The first-order valence-corrected chi connectivity index (χ1v) is 9.92. The number of para-hydroxylation sites is 1. The average molecular weight is 356 g/mol. The number of pyridine rings is 1. The standard InChI is InChI=1S/C24H24N2O/c1-16-11-18-14-25-15-21(24-12-17-7-5-6-10-23(17)27-24)20(18)13-22(16)26-19-8-3-2-4-9-19/h5-7,10-15,19,26H,2-4,8-9H2,1H3. The number of benzene rings is 2. The summed E-state index contributed by atoms with van der Waals surface area (Å²) in [5, 5.41) is 7.26. The average Bonchev–Trinajstić information content (AvgIpc) is 3.13. The molecule has 0 spiro atoms. The molecular formula is C24H24N2O. The van der Waals surface area contributed by atoms with E-state index in [1.807, 2.05) is 30.6 Å². The summed E-state index contributed by atoms with van der Waals surface area (Å²) in [5.41, 5.74) is 4.47. The molecule has 0 radical (unpaired) electrons. The van der Waals surface area contributed by atoms with E-state index in [2.05, 4.69) is 41.5 Å². The van der Waals surface area contributed by atoms with Gasteiger partial charge in [-0.05, 0) is 55.0 Å². The van der Waals surface area contributed by atoms with Crippen LogP contribution in [0, 0.1) is 6.92 Å². The topological polar surface area (TPSA) is 38.1 Å². The van der Waals surface area contributed by atoms with E-state index in [1.54, 1.807) is 0 Å². The van der Waals surface area contributed by atoms with Crippen LogP contribution < -0.4 is 5.32 Å². The summed E-state index contributed by atoms with van der Waals surface area (Å²) in [5.74, 6) is 0.877. The second-order valence-corrected chi connectivity index (χ2v) is 7.70. The lowest BCUT2D eigenvalue weighted by Crippen LogP contribution is -2.22. The molecule has 1 aliphatic rings. The van der Waals surface area contributed by atoms with Gasteiger partial charge in [-0.3, -0.25) is 4.98 Å². The van der Waals surface area contributed by atoms with Gasteiger partial charge in [0, 0.05) is 40.5 Å². The van der Waals surface area contributed by atoms with E-state index >= 15 is 0 Å². The minimum atomic E-state index is 0.589. The number of nitrogens with zero attached hydrogens (tertiary/aromatic N) is 1. The van der Waals surface area contributed by atoms with Crippen LogP contribution in [0.15, 0.2) is 59.3 Å². The quantitative estimate of drug-likeness (QED) is 0.444. The number of aromatic nitrogens is 1. The summed E-state index contributed by atoms with van der Waals surface area (Å²) in [6, 6.07) is 15.4. The Bertz CT molecular complexity index is 1070. The van der Waals surface area contributed by atoms with Gasteiger partial charge in [-0.15, -0.1) is 0 Å². The van der Waals surface area contributed by atoms with Crippen molar-refractivity contribution in [2.45, 2.75) is 45.1 Å².